The van der Waals surface area contributed by atoms with Crippen LogP contribution in [0.5, 0.6) is 0 Å². The lowest BCUT2D eigenvalue weighted by molar-refractivity contribution is 0.0937. The molecule has 108 valence electrons. The van der Waals surface area contributed by atoms with Gasteiger partial charge in [-0.1, -0.05) is 12.1 Å². The molecule has 21 heavy (non-hydrogen) atoms. The van der Waals surface area contributed by atoms with E-state index < -0.39 is 5.91 Å². The molecule has 0 radical (unpaired) electrons. The molecule has 2 aromatic carbocycles. The van der Waals surface area contributed by atoms with E-state index in [1.807, 2.05) is 6.92 Å². The van der Waals surface area contributed by atoms with Crippen LogP contribution in [-0.4, -0.2) is 11.8 Å². The Morgan fingerprint density at radius 1 is 1.00 bits per heavy atom. The molecule has 5 heteroatoms. The van der Waals surface area contributed by atoms with Crippen molar-refractivity contribution in [3.63, 3.8) is 0 Å². The van der Waals surface area contributed by atoms with Gasteiger partial charge in [0.1, 0.15) is 5.82 Å². The van der Waals surface area contributed by atoms with Gasteiger partial charge >= 0.3 is 0 Å². The Hall–Kier alpha value is -2.69. The van der Waals surface area contributed by atoms with E-state index in [-0.39, 0.29) is 17.8 Å². The van der Waals surface area contributed by atoms with Gasteiger partial charge < -0.3 is 11.1 Å². The summed E-state index contributed by atoms with van der Waals surface area (Å²) in [7, 11) is 0. The molecule has 0 saturated heterocycles. The van der Waals surface area contributed by atoms with Gasteiger partial charge in [0.15, 0.2) is 0 Å². The zero-order valence-electron chi connectivity index (χ0n) is 11.5. The minimum atomic E-state index is -0.540. The highest BCUT2D eigenvalue weighted by atomic mass is 19.1. The highest BCUT2D eigenvalue weighted by Gasteiger charge is 2.12. The summed E-state index contributed by atoms with van der Waals surface area (Å²) >= 11 is 0. The number of rotatable bonds is 4. The van der Waals surface area contributed by atoms with Gasteiger partial charge in [0.25, 0.3) is 5.91 Å². The first-order valence-electron chi connectivity index (χ1n) is 6.43. The monoisotopic (exact) mass is 286 g/mol. The van der Waals surface area contributed by atoms with Crippen LogP contribution in [0.2, 0.25) is 0 Å². The van der Waals surface area contributed by atoms with Gasteiger partial charge in [-0.2, -0.15) is 0 Å². The fourth-order valence-electron chi connectivity index (χ4n) is 1.90. The molecule has 0 aromatic heterocycles. The van der Waals surface area contributed by atoms with E-state index in [1.165, 1.54) is 36.4 Å². The van der Waals surface area contributed by atoms with Crippen molar-refractivity contribution in [2.45, 2.75) is 13.0 Å². The summed E-state index contributed by atoms with van der Waals surface area (Å²) in [4.78, 5) is 23.0. The van der Waals surface area contributed by atoms with Crippen molar-refractivity contribution in [1.82, 2.24) is 5.32 Å². The molecule has 0 saturated carbocycles. The molecule has 1 unspecified atom stereocenters. The van der Waals surface area contributed by atoms with Gasteiger partial charge in [0.2, 0.25) is 5.91 Å². The predicted molar refractivity (Wildman–Crippen MR) is 77.2 cm³/mol. The molecule has 4 nitrogen and oxygen atoms in total. The summed E-state index contributed by atoms with van der Waals surface area (Å²) in [6.45, 7) is 1.81. The second-order valence-corrected chi connectivity index (χ2v) is 4.69. The topological polar surface area (TPSA) is 72.2 Å². The number of hydrogen-bond acceptors (Lipinski definition) is 2. The molecule has 0 aliphatic rings. The van der Waals surface area contributed by atoms with Gasteiger partial charge in [0, 0.05) is 11.1 Å². The highest BCUT2D eigenvalue weighted by molar-refractivity contribution is 5.97. The van der Waals surface area contributed by atoms with E-state index >= 15 is 0 Å². The van der Waals surface area contributed by atoms with Gasteiger partial charge in [-0.05, 0) is 48.9 Å². The summed E-state index contributed by atoms with van der Waals surface area (Å²) in [6.07, 6.45) is 0. The molecule has 2 aromatic rings. The van der Waals surface area contributed by atoms with Crippen LogP contribution >= 0.6 is 0 Å². The van der Waals surface area contributed by atoms with E-state index in [4.69, 9.17) is 5.73 Å². The van der Waals surface area contributed by atoms with Crippen LogP contribution in [-0.2, 0) is 0 Å². The Bertz CT molecular complexity index is 651. The van der Waals surface area contributed by atoms with E-state index in [0.29, 0.717) is 11.1 Å². The molecule has 0 aliphatic carbocycles. The Labute approximate surface area is 121 Å². The van der Waals surface area contributed by atoms with E-state index in [1.54, 1.807) is 12.1 Å². The molecular formula is C16H15FN2O2. The summed E-state index contributed by atoms with van der Waals surface area (Å²) in [5, 5.41) is 2.80. The standard InChI is InChI=1S/C16H15FN2O2/c1-10(11-6-8-14(17)9-7-11)19-16(21)13-4-2-12(3-5-13)15(18)20/h2-10H,1H3,(H2,18,20)(H,19,21). The number of nitrogens with two attached hydrogens (primary N) is 1. The van der Waals surface area contributed by atoms with Crippen molar-refractivity contribution >= 4 is 11.8 Å². The minimum Gasteiger partial charge on any atom is -0.366 e. The Kier molecular flexibility index (Phi) is 4.33. The third kappa shape index (κ3) is 3.66. The maximum atomic E-state index is 12.9. The number of primary amides is 1. The smallest absolute Gasteiger partial charge is 0.251 e. The van der Waals surface area contributed by atoms with Gasteiger partial charge in [-0.15, -0.1) is 0 Å². The lowest BCUT2D eigenvalue weighted by atomic mass is 10.1. The van der Waals surface area contributed by atoms with E-state index in [0.717, 1.165) is 5.56 Å². The van der Waals surface area contributed by atoms with Crippen LogP contribution in [0, 0.1) is 5.82 Å². The Balaban J connectivity index is 2.06. The van der Waals surface area contributed by atoms with Gasteiger partial charge in [-0.3, -0.25) is 9.59 Å². The van der Waals surface area contributed by atoms with Crippen molar-refractivity contribution < 1.29 is 14.0 Å². The second-order valence-electron chi connectivity index (χ2n) is 4.69. The first-order chi connectivity index (χ1) is 9.97. The predicted octanol–water partition coefficient (Wildman–Crippen LogP) is 2.42. The van der Waals surface area contributed by atoms with Crippen LogP contribution in [0.4, 0.5) is 4.39 Å². The third-order valence-electron chi connectivity index (χ3n) is 3.15. The van der Waals surface area contributed by atoms with Gasteiger partial charge in [-0.25, -0.2) is 4.39 Å². The van der Waals surface area contributed by atoms with E-state index in [2.05, 4.69) is 5.32 Å². The SMILES string of the molecule is CC(NC(=O)c1ccc(C(N)=O)cc1)c1ccc(F)cc1. The third-order valence-corrected chi connectivity index (χ3v) is 3.15. The molecule has 1 atom stereocenters. The molecule has 2 amide bonds. The van der Waals surface area contributed by atoms with Crippen LogP contribution in [0.1, 0.15) is 39.2 Å². The number of benzene rings is 2. The second kappa shape index (κ2) is 6.17. The Morgan fingerprint density at radius 2 is 1.52 bits per heavy atom. The lowest BCUT2D eigenvalue weighted by Gasteiger charge is -2.14. The number of nitrogens with one attached hydrogen (secondary N) is 1. The van der Waals surface area contributed by atoms with Crippen molar-refractivity contribution in [2.75, 3.05) is 0 Å². The fourth-order valence-corrected chi connectivity index (χ4v) is 1.90. The molecule has 0 bridgehead atoms. The maximum Gasteiger partial charge on any atom is 0.251 e. The number of carbonyl (C=O) groups excluding carboxylic acids is 2. The molecule has 0 heterocycles. The quantitative estimate of drug-likeness (QED) is 0.906. The lowest BCUT2D eigenvalue weighted by Crippen LogP contribution is -2.26. The van der Waals surface area contributed by atoms with Crippen molar-refractivity contribution in [3.05, 3.63) is 71.0 Å². The largest absolute Gasteiger partial charge is 0.366 e. The molecule has 0 spiro atoms. The van der Waals surface area contributed by atoms with Gasteiger partial charge in [0.05, 0.1) is 6.04 Å². The molecule has 0 fully saturated rings. The van der Waals surface area contributed by atoms with Crippen LogP contribution in [0.25, 0.3) is 0 Å². The van der Waals surface area contributed by atoms with Crippen molar-refractivity contribution in [2.24, 2.45) is 5.73 Å². The number of amides is 2. The van der Waals surface area contributed by atoms with Crippen LogP contribution < -0.4 is 11.1 Å². The van der Waals surface area contributed by atoms with Crippen molar-refractivity contribution in [3.8, 4) is 0 Å². The number of carbonyl (C=O) groups is 2. The summed E-state index contributed by atoms with van der Waals surface area (Å²) < 4.78 is 12.9. The van der Waals surface area contributed by atoms with Crippen LogP contribution in [0.15, 0.2) is 48.5 Å². The summed E-state index contributed by atoms with van der Waals surface area (Å²) in [5.74, 6) is -1.14. The summed E-state index contributed by atoms with van der Waals surface area (Å²) in [6, 6.07) is 11.7. The molecule has 0 aliphatic heterocycles. The average molecular weight is 286 g/mol. The summed E-state index contributed by atoms with van der Waals surface area (Å²) in [5.41, 5.74) is 6.71. The van der Waals surface area contributed by atoms with Crippen LogP contribution in [0.3, 0.4) is 0 Å². The molecule has 3 N–H and O–H groups in total. The average Bonchev–Trinajstić information content (AvgIpc) is 2.47. The minimum absolute atomic E-state index is 0.256. The molecular weight excluding hydrogens is 271 g/mol. The molecule has 2 rings (SSSR count). The zero-order valence-corrected chi connectivity index (χ0v) is 11.5. The van der Waals surface area contributed by atoms with Crippen molar-refractivity contribution in [1.29, 1.82) is 0 Å². The fraction of sp³-hybridized carbons (Fsp3) is 0.125. The maximum absolute atomic E-state index is 12.9. The normalized spacial score (nSPS) is 11.7. The highest BCUT2D eigenvalue weighted by Crippen LogP contribution is 2.14. The zero-order chi connectivity index (χ0) is 15.4. The first-order valence-corrected chi connectivity index (χ1v) is 6.43. The number of hydrogen-bond donors (Lipinski definition) is 2. The van der Waals surface area contributed by atoms with E-state index in [9.17, 15) is 14.0 Å². The first kappa shape index (κ1) is 14.7. The Morgan fingerprint density at radius 3 is 2.05 bits per heavy atom. The number of halogens is 1.